The maximum atomic E-state index is 12.7. The Balaban J connectivity index is 1.48. The molecule has 1 atom stereocenters. The summed E-state index contributed by atoms with van der Waals surface area (Å²) in [6.07, 6.45) is 2.69. The first-order valence-electron chi connectivity index (χ1n) is 10.1. The summed E-state index contributed by atoms with van der Waals surface area (Å²) in [4.78, 5) is 21.5. The van der Waals surface area contributed by atoms with Crippen molar-refractivity contribution in [3.8, 4) is 0 Å². The number of carbonyl (C=O) groups is 1. The Morgan fingerprint density at radius 3 is 2.77 bits per heavy atom. The number of benzene rings is 2. The van der Waals surface area contributed by atoms with E-state index in [1.165, 1.54) is 23.7 Å². The lowest BCUT2D eigenvalue weighted by Gasteiger charge is -2.15. The van der Waals surface area contributed by atoms with Crippen LogP contribution in [0.3, 0.4) is 0 Å². The van der Waals surface area contributed by atoms with Gasteiger partial charge in [-0.3, -0.25) is 4.79 Å². The molecule has 1 aliphatic heterocycles. The second-order valence-electron chi connectivity index (χ2n) is 7.63. The number of carbonyl (C=O) groups excluding carboxylic acids is 1. The minimum absolute atomic E-state index is 0.316. The summed E-state index contributed by atoms with van der Waals surface area (Å²) in [7, 11) is 0. The quantitative estimate of drug-likeness (QED) is 0.426. The molecule has 0 saturated carbocycles. The van der Waals surface area contributed by atoms with E-state index in [0.717, 1.165) is 18.8 Å². The predicted molar refractivity (Wildman–Crippen MR) is 129 cm³/mol. The van der Waals surface area contributed by atoms with Crippen molar-refractivity contribution in [1.29, 1.82) is 0 Å². The summed E-state index contributed by atoms with van der Waals surface area (Å²) in [5.41, 5.74) is 5.02. The van der Waals surface area contributed by atoms with Gasteiger partial charge in [-0.2, -0.15) is 0 Å². The smallest absolute Gasteiger partial charge is 0.259 e. The fraction of sp³-hybridized carbons (Fsp3) is 0.261. The third kappa shape index (κ3) is 4.89. The van der Waals surface area contributed by atoms with Crippen LogP contribution in [0.1, 0.15) is 39.5 Å². The van der Waals surface area contributed by atoms with Gasteiger partial charge in [-0.05, 0) is 84.1 Å². The normalized spacial score (nSPS) is 15.7. The van der Waals surface area contributed by atoms with Crippen molar-refractivity contribution in [2.45, 2.75) is 26.2 Å². The third-order valence-corrected chi connectivity index (χ3v) is 6.43. The number of para-hydroxylation sites is 1. The van der Waals surface area contributed by atoms with Gasteiger partial charge in [0.1, 0.15) is 0 Å². The lowest BCUT2D eigenvalue weighted by atomic mass is 9.94. The van der Waals surface area contributed by atoms with E-state index in [1.54, 1.807) is 19.1 Å². The Kier molecular flexibility index (Phi) is 6.55. The second kappa shape index (κ2) is 9.34. The molecule has 2 aromatic carbocycles. The van der Waals surface area contributed by atoms with Gasteiger partial charge >= 0.3 is 0 Å². The number of nitrogens with zero attached hydrogens (tertiary/aromatic N) is 2. The van der Waals surface area contributed by atoms with Crippen LogP contribution in [0.4, 0.5) is 17.3 Å². The predicted octanol–water partition coefficient (Wildman–Crippen LogP) is 5.58. The van der Waals surface area contributed by atoms with Crippen LogP contribution in [0.5, 0.6) is 0 Å². The minimum atomic E-state index is -0.316. The van der Waals surface area contributed by atoms with Gasteiger partial charge in [0.15, 0.2) is 0 Å². The fourth-order valence-electron chi connectivity index (χ4n) is 3.81. The highest BCUT2D eigenvalue weighted by Crippen LogP contribution is 2.31. The summed E-state index contributed by atoms with van der Waals surface area (Å²) in [5.74, 6) is 0.703. The van der Waals surface area contributed by atoms with Crippen LogP contribution in [0.15, 0.2) is 47.1 Å². The first kappa shape index (κ1) is 21.7. The summed E-state index contributed by atoms with van der Waals surface area (Å²) in [6, 6.07) is 11.7. The largest absolute Gasteiger partial charge is 0.324 e. The molecule has 1 saturated heterocycles. The summed E-state index contributed by atoms with van der Waals surface area (Å²) >= 11 is 9.60. The number of amides is 1. The highest BCUT2D eigenvalue weighted by Gasteiger charge is 2.19. The Morgan fingerprint density at radius 1 is 1.26 bits per heavy atom. The maximum absolute atomic E-state index is 12.7. The molecular weight excluding hydrogens is 478 g/mol. The average Bonchev–Trinajstić information content (AvgIpc) is 3.25. The van der Waals surface area contributed by atoms with Crippen molar-refractivity contribution in [2.24, 2.45) is 0 Å². The van der Waals surface area contributed by atoms with Crippen LogP contribution in [0.2, 0.25) is 5.02 Å². The van der Waals surface area contributed by atoms with Gasteiger partial charge in [-0.15, -0.1) is 0 Å². The van der Waals surface area contributed by atoms with Crippen molar-refractivity contribution in [3.05, 3.63) is 74.5 Å². The molecule has 8 heteroatoms. The van der Waals surface area contributed by atoms with Crippen LogP contribution < -0.4 is 16.0 Å². The zero-order valence-corrected chi connectivity index (χ0v) is 19.6. The molecule has 3 N–H and O–H groups in total. The molecule has 160 valence electrons. The number of aromatic nitrogens is 2. The average molecular weight is 501 g/mol. The van der Waals surface area contributed by atoms with E-state index < -0.39 is 0 Å². The molecule has 1 amide bonds. The molecule has 1 fully saturated rings. The van der Waals surface area contributed by atoms with Gasteiger partial charge in [0.05, 0.1) is 22.0 Å². The van der Waals surface area contributed by atoms with Crippen molar-refractivity contribution in [2.75, 3.05) is 23.7 Å². The molecule has 0 spiro atoms. The van der Waals surface area contributed by atoms with E-state index in [0.29, 0.717) is 38.3 Å². The number of halogens is 2. The Bertz CT molecular complexity index is 1110. The first-order chi connectivity index (χ1) is 14.9. The standard InChI is InChI=1S/C23H23BrClN5O/c1-13-10-16(6-7-17(13)15-8-9-26-11-15)29-23-27-12-18(14(2)28-23)22(31)30-21-19(24)4-3-5-20(21)25/h3-7,10,12,15,26H,8-9,11H2,1-2H3,(H,30,31)(H,27,28,29)/t15-/m1/s1. The van der Waals surface area contributed by atoms with Crippen LogP contribution in [-0.4, -0.2) is 29.0 Å². The molecule has 6 nitrogen and oxygen atoms in total. The Morgan fingerprint density at radius 2 is 2.10 bits per heavy atom. The number of nitrogens with one attached hydrogen (secondary N) is 3. The molecule has 0 radical (unpaired) electrons. The zero-order valence-electron chi connectivity index (χ0n) is 17.3. The molecule has 0 unspecified atom stereocenters. The molecular formula is C23H23BrClN5O. The number of hydrogen-bond donors (Lipinski definition) is 3. The molecule has 1 aliphatic rings. The monoisotopic (exact) mass is 499 g/mol. The van der Waals surface area contributed by atoms with Gasteiger partial charge in [0, 0.05) is 22.9 Å². The number of aryl methyl sites for hydroxylation is 2. The van der Waals surface area contributed by atoms with Gasteiger partial charge < -0.3 is 16.0 Å². The Hall–Kier alpha value is -2.48. The van der Waals surface area contributed by atoms with Gasteiger partial charge in [-0.25, -0.2) is 9.97 Å². The minimum Gasteiger partial charge on any atom is -0.324 e. The molecule has 4 rings (SSSR count). The van der Waals surface area contributed by atoms with Gasteiger partial charge in [-0.1, -0.05) is 23.7 Å². The van der Waals surface area contributed by atoms with Crippen molar-refractivity contribution in [3.63, 3.8) is 0 Å². The SMILES string of the molecule is Cc1cc(Nc2ncc(C(=O)Nc3c(Cl)cccc3Br)c(C)n2)ccc1[C@@H]1CCNC1. The topological polar surface area (TPSA) is 78.9 Å². The van der Waals surface area contributed by atoms with Crippen LogP contribution in [-0.2, 0) is 0 Å². The lowest BCUT2D eigenvalue weighted by molar-refractivity contribution is 0.102. The van der Waals surface area contributed by atoms with Crippen LogP contribution in [0.25, 0.3) is 0 Å². The summed E-state index contributed by atoms with van der Waals surface area (Å²) < 4.78 is 0.706. The van der Waals surface area contributed by atoms with Gasteiger partial charge in [0.25, 0.3) is 5.91 Å². The van der Waals surface area contributed by atoms with Crippen molar-refractivity contribution in [1.82, 2.24) is 15.3 Å². The molecule has 1 aromatic heterocycles. The molecule has 0 bridgehead atoms. The van der Waals surface area contributed by atoms with E-state index in [4.69, 9.17) is 11.6 Å². The molecule has 31 heavy (non-hydrogen) atoms. The second-order valence-corrected chi connectivity index (χ2v) is 8.89. The fourth-order valence-corrected chi connectivity index (χ4v) is 4.61. The first-order valence-corrected chi connectivity index (χ1v) is 11.3. The summed E-state index contributed by atoms with van der Waals surface area (Å²) in [5, 5.41) is 9.93. The molecule has 0 aliphatic carbocycles. The van der Waals surface area contributed by atoms with E-state index >= 15 is 0 Å². The summed E-state index contributed by atoms with van der Waals surface area (Å²) in [6.45, 7) is 6.02. The van der Waals surface area contributed by atoms with Crippen LogP contribution in [0, 0.1) is 13.8 Å². The Labute approximate surface area is 195 Å². The maximum Gasteiger partial charge on any atom is 0.259 e. The highest BCUT2D eigenvalue weighted by molar-refractivity contribution is 9.10. The van der Waals surface area contributed by atoms with Gasteiger partial charge in [0.2, 0.25) is 5.95 Å². The van der Waals surface area contributed by atoms with E-state index in [-0.39, 0.29) is 5.91 Å². The molecule has 2 heterocycles. The van der Waals surface area contributed by atoms with Crippen LogP contribution >= 0.6 is 27.5 Å². The van der Waals surface area contributed by atoms with Crippen molar-refractivity contribution >= 4 is 50.8 Å². The lowest BCUT2D eigenvalue weighted by Crippen LogP contribution is -2.16. The number of rotatable bonds is 5. The highest BCUT2D eigenvalue weighted by atomic mass is 79.9. The third-order valence-electron chi connectivity index (χ3n) is 5.45. The molecule has 3 aromatic rings. The number of anilines is 3. The zero-order chi connectivity index (χ0) is 22.0. The van der Waals surface area contributed by atoms with E-state index in [9.17, 15) is 4.79 Å². The van der Waals surface area contributed by atoms with E-state index in [2.05, 4.69) is 67.0 Å². The van der Waals surface area contributed by atoms with Crippen molar-refractivity contribution < 1.29 is 4.79 Å². The number of hydrogen-bond acceptors (Lipinski definition) is 5. The van der Waals surface area contributed by atoms with E-state index in [1.807, 2.05) is 6.07 Å².